The molecule has 0 N–H and O–H groups in total. The van der Waals surface area contributed by atoms with Crippen LogP contribution in [0.1, 0.15) is 6.42 Å². The largest absolute Gasteiger partial charge is 0.276 e. The second kappa shape index (κ2) is 1.30. The van der Waals surface area contributed by atoms with Gasteiger partial charge in [-0.3, -0.25) is 0 Å². The molecule has 0 aromatic carbocycles. The number of rotatable bonds is 0. The lowest BCUT2D eigenvalue weighted by Gasteiger charge is -1.75. The van der Waals surface area contributed by atoms with Gasteiger partial charge in [0.25, 0.3) is 12.6 Å². The molecule has 0 aliphatic carbocycles. The Bertz CT molecular complexity index is 96.2. The third-order valence-electron chi connectivity index (χ3n) is 0.863. The Hall–Kier alpha value is -0.510. The minimum atomic E-state index is 0.380. The molecule has 1 heterocycles. The highest BCUT2D eigenvalue weighted by Gasteiger charge is 2.12. The molecule has 0 aromatic heterocycles. The smallest absolute Gasteiger partial charge is 0.0834 e. The quantitative estimate of drug-likeness (QED) is 0.412. The zero-order chi connectivity index (χ0) is 4.41. The Morgan fingerprint density at radius 1 is 1.83 bits per heavy atom. The first kappa shape index (κ1) is 3.67. The van der Waals surface area contributed by atoms with Gasteiger partial charge in [0.1, 0.15) is 0 Å². The van der Waals surface area contributed by atoms with Crippen molar-refractivity contribution in [2.75, 3.05) is 6.54 Å². The Balaban J connectivity index is 2.45. The highest BCUT2D eigenvalue weighted by Crippen LogP contribution is 2.04. The fourth-order valence-electron chi connectivity index (χ4n) is 0.479. The summed E-state index contributed by atoms with van der Waals surface area (Å²) in [6.45, 7) is 4.67. The van der Waals surface area contributed by atoms with E-state index in [-0.39, 0.29) is 0 Å². The van der Waals surface area contributed by atoms with Crippen molar-refractivity contribution in [1.29, 1.82) is 0 Å². The van der Waals surface area contributed by atoms with E-state index in [2.05, 4.69) is 17.8 Å². The lowest BCUT2D eigenvalue weighted by Crippen LogP contribution is -1.83. The average Bonchev–Trinajstić information content (AvgIpc) is 1.86. The maximum atomic E-state index is 3.85. The molecule has 1 aliphatic rings. The molecule has 1 heteroatoms. The van der Waals surface area contributed by atoms with Crippen molar-refractivity contribution >= 4 is 0 Å². The summed E-state index contributed by atoms with van der Waals surface area (Å²) in [7, 11) is 0. The van der Waals surface area contributed by atoms with Gasteiger partial charge < -0.3 is 0 Å². The van der Waals surface area contributed by atoms with E-state index in [9.17, 15) is 0 Å². The van der Waals surface area contributed by atoms with Crippen LogP contribution in [-0.4, -0.2) is 6.54 Å². The highest BCUT2D eigenvalue weighted by atomic mass is 14.7. The Labute approximate surface area is 37.8 Å². The Morgan fingerprint density at radius 2 is 2.67 bits per heavy atom. The third-order valence-corrected chi connectivity index (χ3v) is 0.863. The first-order valence-corrected chi connectivity index (χ1v) is 2.15. The predicted octanol–water partition coefficient (Wildman–Crippen LogP) is 1.17. The molecule has 0 saturated heterocycles. The predicted molar refractivity (Wildman–Crippen MR) is 25.6 cm³/mol. The molecular formula is C5H7N+. The molecule has 1 atom stereocenters. The molecule has 1 unspecified atom stereocenters. The molecular weight excluding hydrogens is 74.1 g/mol. The summed E-state index contributed by atoms with van der Waals surface area (Å²) in [4.78, 5) is 3.85. The molecule has 1 radical (unpaired) electrons. The molecule has 1 rings (SSSR count). The van der Waals surface area contributed by atoms with Crippen molar-refractivity contribution in [1.82, 2.24) is 0 Å². The molecule has 0 fully saturated rings. The minimum absolute atomic E-state index is 0.380. The van der Waals surface area contributed by atoms with Gasteiger partial charge in [0, 0.05) is 6.42 Å². The summed E-state index contributed by atoms with van der Waals surface area (Å²) < 4.78 is 0. The number of hydrogen-bond donors (Lipinski definition) is 0. The van der Waals surface area contributed by atoms with Gasteiger partial charge in [-0.2, -0.15) is 0 Å². The van der Waals surface area contributed by atoms with Gasteiger partial charge in [-0.05, 0) is 6.92 Å². The van der Waals surface area contributed by atoms with Crippen LogP contribution in [-0.2, 0) is 0 Å². The molecule has 1 nitrogen and oxygen atoms in total. The lowest BCUT2D eigenvalue weighted by atomic mass is 10.2. The number of nitrogens with zero attached hydrogens (tertiary/aromatic N) is 1. The summed E-state index contributed by atoms with van der Waals surface area (Å²) >= 11 is 0. The van der Waals surface area contributed by atoms with Crippen LogP contribution in [0.2, 0.25) is 0 Å². The normalized spacial score (nSPS) is 29.2. The molecule has 0 saturated carbocycles. The van der Waals surface area contributed by atoms with Crippen LogP contribution in [0.5, 0.6) is 0 Å². The fraction of sp³-hybridized carbons (Fsp3) is 0.600. The van der Waals surface area contributed by atoms with Crippen molar-refractivity contribution in [2.24, 2.45) is 5.92 Å². The highest BCUT2D eigenvalue weighted by molar-refractivity contribution is 5.02. The van der Waals surface area contributed by atoms with E-state index in [1.165, 1.54) is 0 Å². The van der Waals surface area contributed by atoms with Crippen LogP contribution >= 0.6 is 0 Å². The van der Waals surface area contributed by atoms with E-state index in [0.717, 1.165) is 13.0 Å². The molecule has 31 valence electrons. The zero-order valence-electron chi connectivity index (χ0n) is 3.65. The van der Waals surface area contributed by atoms with E-state index in [4.69, 9.17) is 0 Å². The number of hydrogen-bond acceptors (Lipinski definition) is 0. The third kappa shape index (κ3) is 0.514. The van der Waals surface area contributed by atoms with Crippen molar-refractivity contribution in [3.05, 3.63) is 11.8 Å². The maximum absolute atomic E-state index is 3.85. The zero-order valence-corrected chi connectivity index (χ0v) is 3.65. The van der Waals surface area contributed by atoms with Gasteiger partial charge in [-0.1, -0.05) is 4.85 Å². The average molecular weight is 81.1 g/mol. The van der Waals surface area contributed by atoms with Gasteiger partial charge in [0.2, 0.25) is 0 Å². The van der Waals surface area contributed by atoms with Crippen LogP contribution in [0, 0.1) is 18.9 Å². The molecule has 0 aromatic rings. The first-order valence-electron chi connectivity index (χ1n) is 2.15. The van der Waals surface area contributed by atoms with Gasteiger partial charge in [-0.15, -0.1) is 0 Å². The van der Waals surface area contributed by atoms with E-state index in [1.807, 2.05) is 0 Å². The van der Waals surface area contributed by atoms with E-state index in [0.29, 0.717) is 5.92 Å². The maximum Gasteiger partial charge on any atom is 0.276 e. The SMILES string of the molecule is [CH2]C1C#[N+]CC1. The summed E-state index contributed by atoms with van der Waals surface area (Å²) in [6, 6.07) is 2.83. The summed E-state index contributed by atoms with van der Waals surface area (Å²) in [5.41, 5.74) is 0. The Kier molecular flexibility index (Phi) is 0.795. The topological polar surface area (TPSA) is 4.36 Å². The van der Waals surface area contributed by atoms with Gasteiger partial charge in [0.15, 0.2) is 0 Å². The second-order valence-electron chi connectivity index (χ2n) is 1.50. The lowest BCUT2D eigenvalue weighted by molar-refractivity contribution is 0.812. The van der Waals surface area contributed by atoms with E-state index >= 15 is 0 Å². The summed E-state index contributed by atoms with van der Waals surface area (Å²) in [6.07, 6.45) is 1.10. The summed E-state index contributed by atoms with van der Waals surface area (Å²) in [5, 5.41) is 0. The Morgan fingerprint density at radius 3 is 2.83 bits per heavy atom. The van der Waals surface area contributed by atoms with Crippen molar-refractivity contribution in [2.45, 2.75) is 6.42 Å². The van der Waals surface area contributed by atoms with Crippen molar-refractivity contribution in [3.63, 3.8) is 0 Å². The first-order chi connectivity index (χ1) is 2.89. The van der Waals surface area contributed by atoms with E-state index in [1.54, 1.807) is 0 Å². The fourth-order valence-corrected chi connectivity index (χ4v) is 0.479. The van der Waals surface area contributed by atoms with Crippen molar-refractivity contribution < 1.29 is 0 Å². The van der Waals surface area contributed by atoms with Crippen LogP contribution in [0.25, 0.3) is 4.85 Å². The van der Waals surface area contributed by atoms with Gasteiger partial charge in [0.05, 0.1) is 5.92 Å². The van der Waals surface area contributed by atoms with Crippen LogP contribution < -0.4 is 0 Å². The molecule has 1 aliphatic heterocycles. The molecule has 0 amide bonds. The minimum Gasteiger partial charge on any atom is -0.0834 e. The monoisotopic (exact) mass is 81.1 g/mol. The van der Waals surface area contributed by atoms with Crippen molar-refractivity contribution in [3.8, 4) is 6.07 Å². The molecule has 0 spiro atoms. The summed E-state index contributed by atoms with van der Waals surface area (Å²) in [5.74, 6) is 0.380. The van der Waals surface area contributed by atoms with Crippen LogP contribution in [0.4, 0.5) is 0 Å². The van der Waals surface area contributed by atoms with Crippen LogP contribution in [0.15, 0.2) is 0 Å². The molecule has 0 bridgehead atoms. The van der Waals surface area contributed by atoms with E-state index < -0.39 is 0 Å². The molecule has 6 heavy (non-hydrogen) atoms. The van der Waals surface area contributed by atoms with Gasteiger partial charge >= 0.3 is 0 Å². The van der Waals surface area contributed by atoms with Gasteiger partial charge in [-0.25, -0.2) is 0 Å². The van der Waals surface area contributed by atoms with Crippen LogP contribution in [0.3, 0.4) is 0 Å². The second-order valence-corrected chi connectivity index (χ2v) is 1.50. The standard InChI is InChI=1S/C5H7N/c1-5-2-3-6-4-5/h5H,1-3H2/q+1.